The molecule has 5 N–H and O–H groups in total. The number of carbonyl (C=O) groups excluding carboxylic acids is 7. The number of nitrogens with zero attached hydrogens (tertiary/aromatic N) is 3. The molecule has 15 nitrogen and oxygen atoms in total. The van der Waals surface area contributed by atoms with Crippen molar-refractivity contribution in [3.63, 3.8) is 0 Å². The average Bonchev–Trinajstić information content (AvgIpc) is 3.53. The summed E-state index contributed by atoms with van der Waals surface area (Å²) in [5, 5.41) is 20.9. The number of aliphatic hydroxyl groups is 1. The Kier molecular flexibility index (Phi) is 16.6. The molecule has 1 aromatic carbocycles. The maximum Gasteiger partial charge on any atom is 0.426 e. The van der Waals surface area contributed by atoms with Crippen molar-refractivity contribution in [1.82, 2.24) is 36.0 Å². The van der Waals surface area contributed by atoms with Crippen LogP contribution in [0.2, 0.25) is 10.0 Å². The molecule has 2 saturated heterocycles. The van der Waals surface area contributed by atoms with Crippen molar-refractivity contribution in [2.45, 2.75) is 121 Å². The highest BCUT2D eigenvalue weighted by Gasteiger charge is 2.59. The second-order valence-corrected chi connectivity index (χ2v) is 16.9. The molecule has 1 aromatic rings. The minimum Gasteiger partial charge on any atom is -0.373 e. The molecule has 3 rings (SSSR count). The number of hydrogen-bond donors (Lipinski definition) is 5. The summed E-state index contributed by atoms with van der Waals surface area (Å²) in [6.45, 7) is 5.18. The van der Waals surface area contributed by atoms with Gasteiger partial charge >= 0.3 is 6.18 Å². The van der Waals surface area contributed by atoms with E-state index in [9.17, 15) is 56.2 Å². The summed E-state index contributed by atoms with van der Waals surface area (Å²) in [6, 6.07) is -0.900. The molecule has 2 fully saturated rings. The Hall–Kier alpha value is -4.23. The molecule has 0 aromatic heterocycles. The number of alkyl halides is 4. The van der Waals surface area contributed by atoms with Crippen LogP contribution in [0.15, 0.2) is 18.2 Å². The van der Waals surface area contributed by atoms with E-state index in [-0.39, 0.29) is 55.0 Å². The second kappa shape index (κ2) is 19.9. The minimum absolute atomic E-state index is 0.00724. The summed E-state index contributed by atoms with van der Waals surface area (Å²) in [5.41, 5.74) is -4.93. The third-order valence-electron chi connectivity index (χ3n) is 10.4. The Morgan fingerprint density at radius 3 is 2.34 bits per heavy atom. The highest BCUT2D eigenvalue weighted by Crippen LogP contribution is 2.34. The average molecular weight is 883 g/mol. The second-order valence-electron chi connectivity index (χ2n) is 16.1. The van der Waals surface area contributed by atoms with Gasteiger partial charge in [-0.05, 0) is 76.1 Å². The third-order valence-corrected chi connectivity index (χ3v) is 11.0. The summed E-state index contributed by atoms with van der Waals surface area (Å²) in [5.74, 6) is -6.80. The van der Waals surface area contributed by atoms with Crippen molar-refractivity contribution in [2.24, 2.45) is 5.92 Å². The first-order chi connectivity index (χ1) is 27.2. The van der Waals surface area contributed by atoms with Crippen molar-refractivity contribution in [1.29, 1.82) is 0 Å². The number of benzene rings is 1. The van der Waals surface area contributed by atoms with Crippen molar-refractivity contribution < 1.29 is 56.2 Å². The van der Waals surface area contributed by atoms with Gasteiger partial charge in [-0.2, -0.15) is 13.2 Å². The van der Waals surface area contributed by atoms with Gasteiger partial charge in [0, 0.05) is 43.5 Å². The molecular weight excluding hydrogens is 829 g/mol. The molecule has 6 atom stereocenters. The van der Waals surface area contributed by atoms with E-state index in [1.54, 1.807) is 26.0 Å². The van der Waals surface area contributed by atoms with Crippen LogP contribution in [-0.2, 0) is 40.0 Å². The molecule has 0 spiro atoms. The van der Waals surface area contributed by atoms with Gasteiger partial charge in [0.2, 0.25) is 41.0 Å². The maximum atomic E-state index is 14.4. The monoisotopic (exact) mass is 881 g/mol. The smallest absolute Gasteiger partial charge is 0.373 e. The summed E-state index contributed by atoms with van der Waals surface area (Å²) in [6.07, 6.45) is -7.46. The fourth-order valence-corrected chi connectivity index (χ4v) is 7.14. The number of rotatable bonds is 9. The van der Waals surface area contributed by atoms with Gasteiger partial charge in [-0.25, -0.2) is 4.39 Å². The SMILES string of the molecule is CC(C)C[C@@H]1NC(=O)[C@@H](N(C)C(=O)CNC(=O)[C@@H]2C[C@@H](F)CN2C(=O)[C@@](C)(O)C(F)(F)F)CCCCNC(=O)C(C)(C)NC(=O)[C@H](Cc2cc(Cl)ccc2Cl)N(C)C1=O. The summed E-state index contributed by atoms with van der Waals surface area (Å²) in [4.78, 5) is 97.3. The summed E-state index contributed by atoms with van der Waals surface area (Å²) < 4.78 is 54.6. The molecule has 2 aliphatic heterocycles. The molecular formula is C38H53Cl2F4N7O8. The maximum absolute atomic E-state index is 14.4. The minimum atomic E-state index is -5.43. The van der Waals surface area contributed by atoms with Crippen LogP contribution in [0.3, 0.4) is 0 Å². The zero-order chi connectivity index (χ0) is 44.8. The van der Waals surface area contributed by atoms with E-state index >= 15 is 0 Å². The lowest BCUT2D eigenvalue weighted by Gasteiger charge is -2.35. The van der Waals surface area contributed by atoms with Crippen LogP contribution in [0.1, 0.15) is 72.3 Å². The van der Waals surface area contributed by atoms with Crippen LogP contribution in [-0.4, -0.2) is 143 Å². The van der Waals surface area contributed by atoms with Gasteiger partial charge in [0.15, 0.2) is 0 Å². The van der Waals surface area contributed by atoms with Crippen LogP contribution in [0, 0.1) is 5.92 Å². The van der Waals surface area contributed by atoms with Crippen LogP contribution >= 0.6 is 23.2 Å². The molecule has 330 valence electrons. The fraction of sp³-hybridized carbons (Fsp3) is 0.658. The first kappa shape index (κ1) is 49.1. The normalized spacial score (nSPS) is 24.8. The van der Waals surface area contributed by atoms with Crippen LogP contribution in [0.5, 0.6) is 0 Å². The molecule has 0 saturated carbocycles. The number of amides is 7. The third kappa shape index (κ3) is 12.4. The zero-order valence-electron chi connectivity index (χ0n) is 34.0. The molecule has 7 amide bonds. The number of halogens is 6. The van der Waals surface area contributed by atoms with Crippen molar-refractivity contribution >= 4 is 64.6 Å². The highest BCUT2D eigenvalue weighted by molar-refractivity contribution is 6.33. The molecule has 0 bridgehead atoms. The Bertz CT molecular complexity index is 1770. The Balaban J connectivity index is 1.91. The van der Waals surface area contributed by atoms with Crippen molar-refractivity contribution in [2.75, 3.05) is 33.7 Å². The van der Waals surface area contributed by atoms with Crippen LogP contribution in [0.4, 0.5) is 17.6 Å². The van der Waals surface area contributed by atoms with Gasteiger partial charge in [-0.3, -0.25) is 33.6 Å². The summed E-state index contributed by atoms with van der Waals surface area (Å²) in [7, 11) is 2.62. The molecule has 2 heterocycles. The lowest BCUT2D eigenvalue weighted by atomic mass is 9.97. The zero-order valence-corrected chi connectivity index (χ0v) is 35.5. The van der Waals surface area contributed by atoms with Crippen molar-refractivity contribution in [3.05, 3.63) is 33.8 Å². The molecule has 21 heteroatoms. The number of likely N-dealkylation sites (N-methyl/N-ethyl adjacent to an activating group) is 2. The Morgan fingerprint density at radius 2 is 1.73 bits per heavy atom. The molecule has 0 aliphatic carbocycles. The van der Waals surface area contributed by atoms with E-state index in [1.165, 1.54) is 34.0 Å². The number of likely N-dealkylation sites (tertiary alicyclic amines) is 1. The van der Waals surface area contributed by atoms with Crippen LogP contribution in [0.25, 0.3) is 0 Å². The quantitative estimate of drug-likeness (QED) is 0.233. The van der Waals surface area contributed by atoms with E-state index in [1.807, 2.05) is 0 Å². The first-order valence-corrected chi connectivity index (χ1v) is 19.8. The molecule has 0 radical (unpaired) electrons. The number of carbonyl (C=O) groups is 7. The van der Waals surface area contributed by atoms with Gasteiger partial charge in [-0.15, -0.1) is 0 Å². The van der Waals surface area contributed by atoms with E-state index in [0.29, 0.717) is 17.0 Å². The predicted octanol–water partition coefficient (Wildman–Crippen LogP) is 2.28. The van der Waals surface area contributed by atoms with E-state index in [4.69, 9.17) is 23.2 Å². The first-order valence-electron chi connectivity index (χ1n) is 19.1. The van der Waals surface area contributed by atoms with Gasteiger partial charge in [-0.1, -0.05) is 37.0 Å². The molecule has 2 aliphatic rings. The largest absolute Gasteiger partial charge is 0.426 e. The standard InChI is InChI=1S/C38H53Cl2F4N7O8/c1-20(2)14-25-33(56)50(7)27(16-21-15-22(39)11-12-24(21)40)32(55)48-36(3,4)34(57)45-13-9-8-10-26(31(54)47-25)49(6)29(52)18-46-30(53)28-17-23(41)19-51(28)35(58)37(5,59)38(42,43)44/h11-12,15,20,23,25-28,59H,8-10,13-14,16-19H2,1-7H3,(H,45,57)(H,46,53)(H,47,54)(H,48,55)/t23-,25+,26+,27+,28+,37-/m1/s1. The molecule has 0 unspecified atom stereocenters. The lowest BCUT2D eigenvalue weighted by Crippen LogP contribution is -2.62. The molecule has 59 heavy (non-hydrogen) atoms. The predicted molar refractivity (Wildman–Crippen MR) is 208 cm³/mol. The number of hydrogen-bond acceptors (Lipinski definition) is 8. The topological polar surface area (TPSA) is 198 Å². The van der Waals surface area contributed by atoms with E-state index < -0.39 is 109 Å². The lowest BCUT2D eigenvalue weighted by molar-refractivity contribution is -0.250. The number of nitrogens with one attached hydrogen (secondary N) is 4. The van der Waals surface area contributed by atoms with E-state index in [0.717, 1.165) is 9.80 Å². The Morgan fingerprint density at radius 1 is 1.08 bits per heavy atom. The van der Waals surface area contributed by atoms with Crippen molar-refractivity contribution in [3.8, 4) is 0 Å². The van der Waals surface area contributed by atoms with E-state index in [2.05, 4.69) is 21.3 Å². The van der Waals surface area contributed by atoms with Crippen LogP contribution < -0.4 is 21.3 Å². The van der Waals surface area contributed by atoms with Gasteiger partial charge in [0.1, 0.15) is 35.9 Å². The highest BCUT2D eigenvalue weighted by atomic mass is 35.5. The summed E-state index contributed by atoms with van der Waals surface area (Å²) >= 11 is 12.7. The Labute approximate surface area is 350 Å². The van der Waals surface area contributed by atoms with Gasteiger partial charge in [0.25, 0.3) is 5.91 Å². The fourth-order valence-electron chi connectivity index (χ4n) is 6.75. The van der Waals surface area contributed by atoms with Gasteiger partial charge in [0.05, 0.1) is 13.1 Å². The van der Waals surface area contributed by atoms with Gasteiger partial charge < -0.3 is 41.1 Å².